The normalized spacial score (nSPS) is 17.5. The van der Waals surface area contributed by atoms with Crippen molar-refractivity contribution in [2.24, 2.45) is 0 Å². The summed E-state index contributed by atoms with van der Waals surface area (Å²) in [5.41, 5.74) is 0.585. The topological polar surface area (TPSA) is 58.6 Å². The van der Waals surface area contributed by atoms with Crippen LogP contribution in [-0.4, -0.2) is 48.4 Å². The number of amides is 1. The maximum Gasteiger partial charge on any atom is 0.260 e. The monoisotopic (exact) mass is 318 g/mol. The van der Waals surface area contributed by atoms with Crippen molar-refractivity contribution >= 4 is 11.7 Å². The number of hydrogen-bond acceptors (Lipinski definition) is 4. The SMILES string of the molecule is CCN1CCC(NC(=O)[C@H](C)Oc2cccc(C(C)=O)c2)CC1. The van der Waals surface area contributed by atoms with Crippen molar-refractivity contribution in [2.45, 2.75) is 45.8 Å². The average molecular weight is 318 g/mol. The molecule has 1 aliphatic rings. The molecule has 0 saturated carbocycles. The lowest BCUT2D eigenvalue weighted by Crippen LogP contribution is -2.48. The number of benzene rings is 1. The highest BCUT2D eigenvalue weighted by molar-refractivity contribution is 5.94. The second-order valence-electron chi connectivity index (χ2n) is 6.06. The summed E-state index contributed by atoms with van der Waals surface area (Å²) in [5, 5.41) is 3.06. The van der Waals surface area contributed by atoms with Crippen LogP contribution in [0.3, 0.4) is 0 Å². The van der Waals surface area contributed by atoms with E-state index in [1.807, 2.05) is 0 Å². The summed E-state index contributed by atoms with van der Waals surface area (Å²) >= 11 is 0. The Hall–Kier alpha value is -1.88. The Morgan fingerprint density at radius 3 is 2.65 bits per heavy atom. The molecule has 5 nitrogen and oxygen atoms in total. The van der Waals surface area contributed by atoms with Crippen molar-refractivity contribution in [3.63, 3.8) is 0 Å². The van der Waals surface area contributed by atoms with E-state index in [-0.39, 0.29) is 17.7 Å². The van der Waals surface area contributed by atoms with Crippen LogP contribution in [0.2, 0.25) is 0 Å². The van der Waals surface area contributed by atoms with Gasteiger partial charge in [-0.25, -0.2) is 0 Å². The molecule has 1 aliphatic heterocycles. The third kappa shape index (κ3) is 5.06. The number of hydrogen-bond donors (Lipinski definition) is 1. The van der Waals surface area contributed by atoms with Gasteiger partial charge < -0.3 is 15.0 Å². The number of Topliss-reactive ketones (excluding diaryl/α,β-unsaturated/α-hetero) is 1. The first-order valence-electron chi connectivity index (χ1n) is 8.30. The van der Waals surface area contributed by atoms with E-state index in [4.69, 9.17) is 4.74 Å². The van der Waals surface area contributed by atoms with Crippen LogP contribution in [0.15, 0.2) is 24.3 Å². The van der Waals surface area contributed by atoms with E-state index in [0.29, 0.717) is 11.3 Å². The summed E-state index contributed by atoms with van der Waals surface area (Å²) < 4.78 is 5.68. The van der Waals surface area contributed by atoms with E-state index in [0.717, 1.165) is 32.5 Å². The van der Waals surface area contributed by atoms with E-state index >= 15 is 0 Å². The number of nitrogens with one attached hydrogen (secondary N) is 1. The standard InChI is InChI=1S/C18H26N2O3/c1-4-20-10-8-16(9-11-20)19-18(22)14(3)23-17-7-5-6-15(12-17)13(2)21/h5-7,12,14,16H,4,8-11H2,1-3H3,(H,19,22)/t14-/m0/s1. The summed E-state index contributed by atoms with van der Waals surface area (Å²) in [7, 11) is 0. The van der Waals surface area contributed by atoms with Gasteiger partial charge in [0.25, 0.3) is 5.91 Å². The third-order valence-electron chi connectivity index (χ3n) is 4.30. The van der Waals surface area contributed by atoms with Crippen LogP contribution < -0.4 is 10.1 Å². The number of carbonyl (C=O) groups excluding carboxylic acids is 2. The second kappa shape index (κ2) is 8.11. The van der Waals surface area contributed by atoms with E-state index in [2.05, 4.69) is 17.1 Å². The van der Waals surface area contributed by atoms with Gasteiger partial charge in [0.1, 0.15) is 5.75 Å². The lowest BCUT2D eigenvalue weighted by atomic mass is 10.0. The summed E-state index contributed by atoms with van der Waals surface area (Å²) in [6.45, 7) is 8.51. The lowest BCUT2D eigenvalue weighted by molar-refractivity contribution is -0.128. The number of ketones is 1. The molecule has 0 bridgehead atoms. The average Bonchev–Trinajstić information content (AvgIpc) is 2.55. The van der Waals surface area contributed by atoms with Crippen LogP contribution in [-0.2, 0) is 4.79 Å². The fourth-order valence-electron chi connectivity index (χ4n) is 2.76. The van der Waals surface area contributed by atoms with Crippen molar-refractivity contribution in [3.05, 3.63) is 29.8 Å². The summed E-state index contributed by atoms with van der Waals surface area (Å²) in [4.78, 5) is 26.0. The molecule has 1 saturated heterocycles. The molecule has 0 spiro atoms. The molecular formula is C18H26N2O3. The highest BCUT2D eigenvalue weighted by Crippen LogP contribution is 2.16. The van der Waals surface area contributed by atoms with Gasteiger partial charge in [0, 0.05) is 24.7 Å². The van der Waals surface area contributed by atoms with E-state index in [9.17, 15) is 9.59 Å². The zero-order valence-electron chi connectivity index (χ0n) is 14.2. The molecule has 1 aromatic rings. The highest BCUT2D eigenvalue weighted by Gasteiger charge is 2.23. The van der Waals surface area contributed by atoms with Gasteiger partial charge in [-0.2, -0.15) is 0 Å². The van der Waals surface area contributed by atoms with Crippen molar-refractivity contribution in [1.82, 2.24) is 10.2 Å². The van der Waals surface area contributed by atoms with Crippen LogP contribution >= 0.6 is 0 Å². The molecule has 5 heteroatoms. The third-order valence-corrected chi connectivity index (χ3v) is 4.30. The van der Waals surface area contributed by atoms with Gasteiger partial charge in [0.05, 0.1) is 0 Å². The first-order valence-corrected chi connectivity index (χ1v) is 8.30. The van der Waals surface area contributed by atoms with E-state index in [1.54, 1.807) is 31.2 Å². The molecule has 0 aliphatic carbocycles. The van der Waals surface area contributed by atoms with Crippen LogP contribution in [0.25, 0.3) is 0 Å². The summed E-state index contributed by atoms with van der Waals surface area (Å²) in [6, 6.07) is 7.15. The molecule has 1 amide bonds. The summed E-state index contributed by atoms with van der Waals surface area (Å²) in [5.74, 6) is 0.421. The molecule has 1 heterocycles. The fourth-order valence-corrected chi connectivity index (χ4v) is 2.76. The molecule has 1 N–H and O–H groups in total. The molecule has 0 unspecified atom stereocenters. The van der Waals surface area contributed by atoms with Crippen molar-refractivity contribution < 1.29 is 14.3 Å². The van der Waals surface area contributed by atoms with Gasteiger partial charge in [0.2, 0.25) is 0 Å². The fraction of sp³-hybridized carbons (Fsp3) is 0.556. The molecule has 0 radical (unpaired) electrons. The molecule has 0 aromatic heterocycles. The Morgan fingerprint density at radius 1 is 1.35 bits per heavy atom. The molecule has 1 atom stereocenters. The minimum absolute atomic E-state index is 0.0183. The number of carbonyl (C=O) groups is 2. The molecule has 1 fully saturated rings. The first-order chi connectivity index (χ1) is 11.0. The quantitative estimate of drug-likeness (QED) is 0.817. The van der Waals surface area contributed by atoms with Crippen molar-refractivity contribution in [1.29, 1.82) is 0 Å². The number of likely N-dealkylation sites (tertiary alicyclic amines) is 1. The minimum Gasteiger partial charge on any atom is -0.481 e. The van der Waals surface area contributed by atoms with Crippen LogP contribution in [0.5, 0.6) is 5.75 Å². The smallest absolute Gasteiger partial charge is 0.260 e. The van der Waals surface area contributed by atoms with Crippen LogP contribution in [0.1, 0.15) is 44.0 Å². The number of rotatable bonds is 6. The van der Waals surface area contributed by atoms with E-state index < -0.39 is 6.10 Å². The maximum atomic E-state index is 12.3. The van der Waals surface area contributed by atoms with Gasteiger partial charge in [-0.15, -0.1) is 0 Å². The van der Waals surface area contributed by atoms with Gasteiger partial charge in [-0.3, -0.25) is 9.59 Å². The Bertz CT molecular complexity index is 551. The number of piperidine rings is 1. The predicted octanol–water partition coefficient (Wildman–Crippen LogP) is 2.26. The van der Waals surface area contributed by atoms with Gasteiger partial charge >= 0.3 is 0 Å². The van der Waals surface area contributed by atoms with Crippen molar-refractivity contribution in [2.75, 3.05) is 19.6 Å². The summed E-state index contributed by atoms with van der Waals surface area (Å²) in [6.07, 6.45) is 1.37. The van der Waals surface area contributed by atoms with Gasteiger partial charge in [-0.1, -0.05) is 19.1 Å². The number of nitrogens with zero attached hydrogens (tertiary/aromatic N) is 1. The lowest BCUT2D eigenvalue weighted by Gasteiger charge is -2.32. The Labute approximate surface area is 138 Å². The van der Waals surface area contributed by atoms with Gasteiger partial charge in [-0.05, 0) is 45.4 Å². The first kappa shape index (κ1) is 17.5. The largest absolute Gasteiger partial charge is 0.481 e. The van der Waals surface area contributed by atoms with E-state index in [1.165, 1.54) is 6.92 Å². The number of ether oxygens (including phenoxy) is 1. The predicted molar refractivity (Wildman–Crippen MR) is 89.8 cm³/mol. The Balaban J connectivity index is 1.85. The molecule has 2 rings (SSSR count). The molecular weight excluding hydrogens is 292 g/mol. The maximum absolute atomic E-state index is 12.3. The highest BCUT2D eigenvalue weighted by atomic mass is 16.5. The van der Waals surface area contributed by atoms with Gasteiger partial charge in [0.15, 0.2) is 11.9 Å². The Morgan fingerprint density at radius 2 is 2.04 bits per heavy atom. The van der Waals surface area contributed by atoms with Crippen LogP contribution in [0, 0.1) is 0 Å². The van der Waals surface area contributed by atoms with Crippen LogP contribution in [0.4, 0.5) is 0 Å². The zero-order valence-corrected chi connectivity index (χ0v) is 14.2. The molecule has 23 heavy (non-hydrogen) atoms. The molecule has 126 valence electrons. The molecule has 1 aromatic carbocycles. The minimum atomic E-state index is -0.582. The van der Waals surface area contributed by atoms with Crippen molar-refractivity contribution in [3.8, 4) is 5.75 Å². The second-order valence-corrected chi connectivity index (χ2v) is 6.06. The Kier molecular flexibility index (Phi) is 6.16. The zero-order chi connectivity index (χ0) is 16.8.